The first kappa shape index (κ1) is 11.7. The fourth-order valence-corrected chi connectivity index (χ4v) is 3.24. The highest BCUT2D eigenvalue weighted by Crippen LogP contribution is 2.35. The van der Waals surface area contributed by atoms with Gasteiger partial charge in [-0.15, -0.1) is 0 Å². The summed E-state index contributed by atoms with van der Waals surface area (Å²) >= 11 is 0. The summed E-state index contributed by atoms with van der Waals surface area (Å²) in [5.74, 6) is 1.31. The third-order valence-corrected chi connectivity index (χ3v) is 4.30. The first-order valence-electron chi connectivity index (χ1n) is 7.15. The zero-order valence-electron chi connectivity index (χ0n) is 11.1. The third-order valence-electron chi connectivity index (χ3n) is 4.30. The summed E-state index contributed by atoms with van der Waals surface area (Å²) in [4.78, 5) is 4.60. The van der Waals surface area contributed by atoms with Gasteiger partial charge in [0.05, 0.1) is 0 Å². The molecule has 0 N–H and O–H groups in total. The molecule has 1 aromatic heterocycles. The molecule has 0 bridgehead atoms. The van der Waals surface area contributed by atoms with Crippen LogP contribution in [0.5, 0.6) is 0 Å². The SMILES string of the molecule is C[C@@H]1CC[C@@H](C2=CCCC=C2)Cc2cccnc21. The Hall–Kier alpha value is -1.37. The Bertz CT molecular complexity index is 484. The lowest BCUT2D eigenvalue weighted by Gasteiger charge is -2.18. The molecule has 1 aromatic rings. The Balaban J connectivity index is 1.89. The second kappa shape index (κ2) is 5.09. The summed E-state index contributed by atoms with van der Waals surface area (Å²) < 4.78 is 0. The van der Waals surface area contributed by atoms with Crippen molar-refractivity contribution in [2.75, 3.05) is 0 Å². The molecule has 0 aliphatic heterocycles. The fourth-order valence-electron chi connectivity index (χ4n) is 3.24. The van der Waals surface area contributed by atoms with Gasteiger partial charge < -0.3 is 0 Å². The van der Waals surface area contributed by atoms with Gasteiger partial charge in [-0.3, -0.25) is 4.98 Å². The highest BCUT2D eigenvalue weighted by molar-refractivity contribution is 5.31. The number of allylic oxidation sites excluding steroid dienone is 4. The molecule has 1 nitrogen and oxygen atoms in total. The number of aromatic nitrogens is 1. The monoisotopic (exact) mass is 239 g/mol. The van der Waals surface area contributed by atoms with Gasteiger partial charge in [-0.05, 0) is 61.1 Å². The van der Waals surface area contributed by atoms with E-state index in [0.717, 1.165) is 0 Å². The first-order chi connectivity index (χ1) is 8.84. The van der Waals surface area contributed by atoms with E-state index in [4.69, 9.17) is 0 Å². The van der Waals surface area contributed by atoms with E-state index in [1.54, 1.807) is 5.57 Å². The number of nitrogens with zero attached hydrogens (tertiary/aromatic N) is 1. The Labute approximate surface area is 110 Å². The summed E-state index contributed by atoms with van der Waals surface area (Å²) in [5.41, 5.74) is 4.36. The molecule has 0 spiro atoms. The Morgan fingerprint density at radius 1 is 1.22 bits per heavy atom. The van der Waals surface area contributed by atoms with Crippen molar-refractivity contribution in [1.29, 1.82) is 0 Å². The van der Waals surface area contributed by atoms with Crippen molar-refractivity contribution >= 4 is 0 Å². The maximum absolute atomic E-state index is 4.60. The van der Waals surface area contributed by atoms with Crippen LogP contribution in [0.4, 0.5) is 0 Å². The van der Waals surface area contributed by atoms with E-state index in [-0.39, 0.29) is 0 Å². The van der Waals surface area contributed by atoms with Gasteiger partial charge in [0.25, 0.3) is 0 Å². The third kappa shape index (κ3) is 2.27. The number of hydrogen-bond acceptors (Lipinski definition) is 1. The Morgan fingerprint density at radius 2 is 2.17 bits per heavy atom. The Kier molecular flexibility index (Phi) is 3.31. The van der Waals surface area contributed by atoms with Crippen LogP contribution in [0.3, 0.4) is 0 Å². The standard InChI is InChI=1S/C17H21N/c1-13-9-10-15(14-6-3-2-4-7-14)12-16-8-5-11-18-17(13)16/h3,5-8,11,13,15H,2,4,9-10,12H2,1H3/t13-,15-/m1/s1. The maximum atomic E-state index is 4.60. The molecule has 2 aliphatic carbocycles. The summed E-state index contributed by atoms with van der Waals surface area (Å²) in [6, 6.07) is 4.35. The molecule has 94 valence electrons. The quantitative estimate of drug-likeness (QED) is 0.661. The van der Waals surface area contributed by atoms with Crippen molar-refractivity contribution in [2.24, 2.45) is 5.92 Å². The summed E-state index contributed by atoms with van der Waals surface area (Å²) in [6.45, 7) is 2.32. The van der Waals surface area contributed by atoms with Crippen LogP contribution in [0, 0.1) is 5.92 Å². The van der Waals surface area contributed by atoms with Gasteiger partial charge in [0.15, 0.2) is 0 Å². The Morgan fingerprint density at radius 3 is 3.00 bits per heavy atom. The van der Waals surface area contributed by atoms with Crippen LogP contribution in [0.15, 0.2) is 42.1 Å². The van der Waals surface area contributed by atoms with Gasteiger partial charge in [0.1, 0.15) is 0 Å². The molecule has 0 radical (unpaired) electrons. The predicted molar refractivity (Wildman–Crippen MR) is 75.5 cm³/mol. The molecule has 1 heteroatoms. The first-order valence-corrected chi connectivity index (χ1v) is 7.15. The van der Waals surface area contributed by atoms with Gasteiger partial charge in [0.2, 0.25) is 0 Å². The van der Waals surface area contributed by atoms with E-state index >= 15 is 0 Å². The average Bonchev–Trinajstić information content (AvgIpc) is 2.60. The minimum absolute atomic E-state index is 0.611. The zero-order chi connectivity index (χ0) is 12.4. The lowest BCUT2D eigenvalue weighted by atomic mass is 9.87. The fraction of sp³-hybridized carbons (Fsp3) is 0.471. The van der Waals surface area contributed by atoms with Crippen molar-refractivity contribution in [3.63, 3.8) is 0 Å². The average molecular weight is 239 g/mol. The molecule has 2 atom stereocenters. The van der Waals surface area contributed by atoms with E-state index in [0.29, 0.717) is 11.8 Å². The molecule has 0 fully saturated rings. The molecule has 0 saturated heterocycles. The lowest BCUT2D eigenvalue weighted by molar-refractivity contribution is 0.528. The van der Waals surface area contributed by atoms with Gasteiger partial charge in [0, 0.05) is 11.9 Å². The van der Waals surface area contributed by atoms with Gasteiger partial charge in [-0.2, -0.15) is 0 Å². The lowest BCUT2D eigenvalue weighted by Crippen LogP contribution is -2.07. The van der Waals surface area contributed by atoms with Crippen LogP contribution >= 0.6 is 0 Å². The van der Waals surface area contributed by atoms with Crippen molar-refractivity contribution in [2.45, 2.75) is 44.9 Å². The van der Waals surface area contributed by atoms with Crippen molar-refractivity contribution in [3.05, 3.63) is 53.4 Å². The summed E-state index contributed by atoms with van der Waals surface area (Å²) in [6.07, 6.45) is 15.2. The van der Waals surface area contributed by atoms with E-state index < -0.39 is 0 Å². The summed E-state index contributed by atoms with van der Waals surface area (Å²) in [7, 11) is 0. The molecule has 1 heterocycles. The van der Waals surface area contributed by atoms with Crippen LogP contribution in [0.25, 0.3) is 0 Å². The van der Waals surface area contributed by atoms with E-state index in [1.165, 1.54) is 43.4 Å². The van der Waals surface area contributed by atoms with Crippen LogP contribution in [-0.2, 0) is 6.42 Å². The molecular formula is C17H21N. The minimum atomic E-state index is 0.611. The van der Waals surface area contributed by atoms with Gasteiger partial charge in [-0.25, -0.2) is 0 Å². The number of pyridine rings is 1. The second-order valence-electron chi connectivity index (χ2n) is 5.61. The molecular weight excluding hydrogens is 218 g/mol. The van der Waals surface area contributed by atoms with Crippen molar-refractivity contribution < 1.29 is 0 Å². The van der Waals surface area contributed by atoms with Crippen LogP contribution in [0.2, 0.25) is 0 Å². The van der Waals surface area contributed by atoms with Crippen LogP contribution < -0.4 is 0 Å². The minimum Gasteiger partial charge on any atom is -0.261 e. The molecule has 0 saturated carbocycles. The highest BCUT2D eigenvalue weighted by Gasteiger charge is 2.23. The largest absolute Gasteiger partial charge is 0.261 e. The van der Waals surface area contributed by atoms with E-state index in [1.807, 2.05) is 6.20 Å². The maximum Gasteiger partial charge on any atom is 0.0463 e. The normalized spacial score (nSPS) is 27.3. The topological polar surface area (TPSA) is 12.9 Å². The summed E-state index contributed by atoms with van der Waals surface area (Å²) in [5, 5.41) is 0. The predicted octanol–water partition coefficient (Wildman–Crippen LogP) is 4.41. The second-order valence-corrected chi connectivity index (χ2v) is 5.61. The van der Waals surface area contributed by atoms with Crippen LogP contribution in [-0.4, -0.2) is 4.98 Å². The number of hydrogen-bond donors (Lipinski definition) is 0. The molecule has 0 amide bonds. The molecule has 0 aromatic carbocycles. The molecule has 3 rings (SSSR count). The molecule has 0 unspecified atom stereocenters. The van der Waals surface area contributed by atoms with Crippen LogP contribution in [0.1, 0.15) is 49.8 Å². The molecule has 18 heavy (non-hydrogen) atoms. The van der Waals surface area contributed by atoms with E-state index in [9.17, 15) is 0 Å². The van der Waals surface area contributed by atoms with E-state index in [2.05, 4.69) is 42.3 Å². The van der Waals surface area contributed by atoms with Crippen molar-refractivity contribution in [1.82, 2.24) is 4.98 Å². The van der Waals surface area contributed by atoms with Gasteiger partial charge >= 0.3 is 0 Å². The van der Waals surface area contributed by atoms with Gasteiger partial charge in [-0.1, -0.05) is 31.2 Å². The van der Waals surface area contributed by atoms with Crippen molar-refractivity contribution in [3.8, 4) is 0 Å². The zero-order valence-corrected chi connectivity index (χ0v) is 11.1. The number of fused-ring (bicyclic) bond motifs is 1. The smallest absolute Gasteiger partial charge is 0.0463 e. The highest BCUT2D eigenvalue weighted by atomic mass is 14.7. The molecule has 2 aliphatic rings. The number of rotatable bonds is 1.